The third-order valence-corrected chi connectivity index (χ3v) is 15.2. The Morgan fingerprint density at radius 3 is 1.01 bits per heavy atom. The lowest BCUT2D eigenvalue weighted by molar-refractivity contribution is -0.870. The molecule has 0 amide bonds. The quantitative estimate of drug-likeness (QED) is 0.0195. The van der Waals surface area contributed by atoms with Gasteiger partial charge in [0.25, 0.3) is 0 Å². The molecule has 0 aliphatic carbocycles. The number of unbranched alkanes of at least 4 members (excludes halogenated alkanes) is 39. The van der Waals surface area contributed by atoms with E-state index in [2.05, 4.69) is 74.6 Å². The standard InChI is InChI=1S/C72H131NO8/c1-6-8-10-12-14-16-18-20-22-24-26-27-28-29-30-31-32-33-34-35-36-37-38-39-40-41-42-43-45-47-49-51-53-55-57-59-61-63-70(75)81-68(67-80-72(71(76)77)78-65-64-73(3,4)5)66-79-69(74)62-60-58-56-54-52-50-48-46-44-25-23-21-19-17-15-13-11-9-7-2/h15,17-18,20-21,23-24,26,28-29,68,72H,6-14,16,19,22,25,27,30-67H2,1-5H3/b17-15-,20-18-,23-21-,26-24-,29-28-. The van der Waals surface area contributed by atoms with Crippen LogP contribution < -0.4 is 5.11 Å². The number of carboxylic acid groups (broad SMARTS) is 1. The van der Waals surface area contributed by atoms with E-state index in [9.17, 15) is 19.5 Å². The summed E-state index contributed by atoms with van der Waals surface area (Å²) in [4.78, 5) is 37.4. The van der Waals surface area contributed by atoms with Gasteiger partial charge in [0, 0.05) is 12.8 Å². The maximum atomic E-state index is 12.9. The average molecular weight is 1140 g/mol. The smallest absolute Gasteiger partial charge is 0.306 e. The predicted molar refractivity (Wildman–Crippen MR) is 343 cm³/mol. The number of ether oxygens (including phenoxy) is 4. The van der Waals surface area contributed by atoms with Crippen LogP contribution in [0.1, 0.15) is 322 Å². The van der Waals surface area contributed by atoms with Gasteiger partial charge < -0.3 is 33.3 Å². The van der Waals surface area contributed by atoms with Crippen LogP contribution in [-0.4, -0.2) is 82.3 Å². The number of aliphatic carboxylic acids is 1. The summed E-state index contributed by atoms with van der Waals surface area (Å²) in [6.07, 6.45) is 78.8. The van der Waals surface area contributed by atoms with Crippen molar-refractivity contribution in [1.29, 1.82) is 0 Å². The number of carbonyl (C=O) groups excluding carboxylic acids is 3. The third kappa shape index (κ3) is 64.4. The number of rotatable bonds is 64. The summed E-state index contributed by atoms with van der Waals surface area (Å²) >= 11 is 0. The molecule has 0 aromatic heterocycles. The van der Waals surface area contributed by atoms with Crippen LogP contribution in [0.25, 0.3) is 0 Å². The van der Waals surface area contributed by atoms with Gasteiger partial charge >= 0.3 is 11.9 Å². The molecule has 2 unspecified atom stereocenters. The van der Waals surface area contributed by atoms with Crippen LogP contribution in [0.5, 0.6) is 0 Å². The number of likely N-dealkylation sites (N-methyl/N-ethyl adjacent to an activating group) is 1. The molecule has 0 spiro atoms. The van der Waals surface area contributed by atoms with Crippen LogP contribution in [-0.2, 0) is 33.3 Å². The lowest BCUT2D eigenvalue weighted by Gasteiger charge is -2.26. The van der Waals surface area contributed by atoms with Crippen molar-refractivity contribution in [1.82, 2.24) is 0 Å². The van der Waals surface area contributed by atoms with Crippen molar-refractivity contribution in [3.63, 3.8) is 0 Å². The summed E-state index contributed by atoms with van der Waals surface area (Å²) in [5.41, 5.74) is 0. The number of quaternary nitrogens is 1. The first-order chi connectivity index (χ1) is 39.6. The van der Waals surface area contributed by atoms with Gasteiger partial charge in [-0.3, -0.25) is 9.59 Å². The number of nitrogens with zero attached hydrogens (tertiary/aromatic N) is 1. The van der Waals surface area contributed by atoms with Crippen LogP contribution in [0.3, 0.4) is 0 Å². The Labute approximate surface area is 501 Å². The van der Waals surface area contributed by atoms with Gasteiger partial charge in [0.15, 0.2) is 12.4 Å². The van der Waals surface area contributed by atoms with E-state index in [0.717, 1.165) is 51.4 Å². The highest BCUT2D eigenvalue weighted by molar-refractivity contribution is 5.70. The second-order valence-electron chi connectivity index (χ2n) is 24.5. The zero-order valence-corrected chi connectivity index (χ0v) is 53.9. The molecule has 472 valence electrons. The predicted octanol–water partition coefficient (Wildman–Crippen LogP) is 19.8. The fourth-order valence-electron chi connectivity index (χ4n) is 9.93. The Bertz CT molecular complexity index is 1510. The van der Waals surface area contributed by atoms with E-state index in [1.54, 1.807) is 0 Å². The monoisotopic (exact) mass is 1140 g/mol. The van der Waals surface area contributed by atoms with E-state index in [1.165, 1.54) is 238 Å². The van der Waals surface area contributed by atoms with Crippen LogP contribution in [0, 0.1) is 0 Å². The minimum absolute atomic E-state index is 0.147. The molecular formula is C72H131NO8. The van der Waals surface area contributed by atoms with E-state index in [-0.39, 0.29) is 38.6 Å². The minimum atomic E-state index is -1.62. The third-order valence-electron chi connectivity index (χ3n) is 15.2. The molecule has 0 rings (SSSR count). The Morgan fingerprint density at radius 2 is 0.667 bits per heavy atom. The summed E-state index contributed by atoms with van der Waals surface area (Å²) in [5.74, 6) is -2.27. The lowest BCUT2D eigenvalue weighted by atomic mass is 10.0. The van der Waals surface area contributed by atoms with Crippen molar-refractivity contribution in [2.24, 2.45) is 0 Å². The molecule has 0 saturated heterocycles. The molecule has 2 atom stereocenters. The molecule has 0 aromatic rings. The van der Waals surface area contributed by atoms with Gasteiger partial charge in [-0.2, -0.15) is 0 Å². The molecule has 9 heteroatoms. The number of esters is 2. The van der Waals surface area contributed by atoms with Crippen molar-refractivity contribution < 1.29 is 42.9 Å². The van der Waals surface area contributed by atoms with Crippen molar-refractivity contribution in [2.75, 3.05) is 47.5 Å². The number of hydrogen-bond acceptors (Lipinski definition) is 8. The highest BCUT2D eigenvalue weighted by atomic mass is 16.7. The molecule has 0 saturated carbocycles. The molecule has 0 aliphatic rings. The molecule has 0 bridgehead atoms. The molecule has 0 fully saturated rings. The largest absolute Gasteiger partial charge is 0.545 e. The summed E-state index contributed by atoms with van der Waals surface area (Å²) in [6.45, 7) is 4.75. The maximum Gasteiger partial charge on any atom is 0.306 e. The van der Waals surface area contributed by atoms with Gasteiger partial charge in [0.05, 0.1) is 40.3 Å². The maximum absolute atomic E-state index is 12.9. The molecule has 0 radical (unpaired) electrons. The Morgan fingerprint density at radius 1 is 0.370 bits per heavy atom. The second kappa shape index (κ2) is 63.0. The molecule has 0 N–H and O–H groups in total. The van der Waals surface area contributed by atoms with Crippen LogP contribution in [0.2, 0.25) is 0 Å². The Balaban J connectivity index is 4.02. The zero-order valence-electron chi connectivity index (χ0n) is 53.9. The van der Waals surface area contributed by atoms with Crippen LogP contribution in [0.4, 0.5) is 0 Å². The number of hydrogen-bond donors (Lipinski definition) is 0. The number of carboxylic acids is 1. The molecule has 0 aromatic carbocycles. The molecular weight excluding hydrogens is 1010 g/mol. The topological polar surface area (TPSA) is 111 Å². The van der Waals surface area contributed by atoms with Crippen LogP contribution >= 0.6 is 0 Å². The molecule has 81 heavy (non-hydrogen) atoms. The fraction of sp³-hybridized carbons (Fsp3) is 0.819. The van der Waals surface area contributed by atoms with E-state index in [1.807, 2.05) is 21.1 Å². The number of carbonyl (C=O) groups is 3. The van der Waals surface area contributed by atoms with Gasteiger partial charge in [-0.05, 0) is 83.5 Å². The van der Waals surface area contributed by atoms with E-state index < -0.39 is 24.3 Å². The minimum Gasteiger partial charge on any atom is -0.545 e. The van der Waals surface area contributed by atoms with Crippen molar-refractivity contribution in [3.8, 4) is 0 Å². The van der Waals surface area contributed by atoms with Gasteiger partial charge in [0.1, 0.15) is 13.2 Å². The van der Waals surface area contributed by atoms with E-state index in [0.29, 0.717) is 17.4 Å². The van der Waals surface area contributed by atoms with Gasteiger partial charge in [0.2, 0.25) is 0 Å². The SMILES string of the molecule is CCCCC/C=C\C/C=C\CCCCCCCCCCCC(=O)OCC(COC(OCC[N+](C)(C)C)C(=O)[O-])OC(=O)CCCCCCCCCCCCCCCCCCCCCCCC/C=C\C/C=C\C/C=C\CCCCCCC. The van der Waals surface area contributed by atoms with Crippen LogP contribution in [0.15, 0.2) is 60.8 Å². The normalized spacial score (nSPS) is 13.0. The average Bonchev–Trinajstić information content (AvgIpc) is 3.44. The molecule has 0 aliphatic heterocycles. The summed E-state index contributed by atoms with van der Waals surface area (Å²) < 4.78 is 22.8. The van der Waals surface area contributed by atoms with Gasteiger partial charge in [-0.25, -0.2) is 0 Å². The zero-order chi connectivity index (χ0) is 59.1. The van der Waals surface area contributed by atoms with Crippen molar-refractivity contribution in [3.05, 3.63) is 60.8 Å². The van der Waals surface area contributed by atoms with E-state index in [4.69, 9.17) is 18.9 Å². The van der Waals surface area contributed by atoms with Crippen molar-refractivity contribution >= 4 is 17.9 Å². The lowest BCUT2D eigenvalue weighted by Crippen LogP contribution is -2.44. The van der Waals surface area contributed by atoms with Gasteiger partial charge in [-0.1, -0.05) is 286 Å². The molecule has 9 nitrogen and oxygen atoms in total. The highest BCUT2D eigenvalue weighted by Crippen LogP contribution is 2.18. The first-order valence-corrected chi connectivity index (χ1v) is 34.4. The highest BCUT2D eigenvalue weighted by Gasteiger charge is 2.22. The van der Waals surface area contributed by atoms with E-state index >= 15 is 0 Å². The summed E-state index contributed by atoms with van der Waals surface area (Å²) in [7, 11) is 5.93. The Hall–Kier alpha value is -3.01. The first-order valence-electron chi connectivity index (χ1n) is 34.4. The fourth-order valence-corrected chi connectivity index (χ4v) is 9.93. The second-order valence-corrected chi connectivity index (χ2v) is 24.5. The van der Waals surface area contributed by atoms with Gasteiger partial charge in [-0.15, -0.1) is 0 Å². The van der Waals surface area contributed by atoms with Crippen molar-refractivity contribution in [2.45, 2.75) is 334 Å². The first kappa shape index (κ1) is 78.0. The summed E-state index contributed by atoms with van der Waals surface area (Å²) in [5, 5.41) is 11.8. The Kier molecular flexibility index (Phi) is 60.7. The number of allylic oxidation sites excluding steroid dienone is 10. The molecule has 0 heterocycles. The summed E-state index contributed by atoms with van der Waals surface area (Å²) in [6, 6.07) is 0.